The first kappa shape index (κ1) is 16.8. The molecule has 136 valence electrons. The fraction of sp³-hybridized carbons (Fsp3) is 0.474. The lowest BCUT2D eigenvalue weighted by Crippen LogP contribution is -2.49. The third-order valence-electron chi connectivity index (χ3n) is 5.51. The number of amides is 2. The van der Waals surface area contributed by atoms with Crippen molar-refractivity contribution < 1.29 is 9.59 Å². The molecular weight excluding hydrogens is 330 g/mol. The van der Waals surface area contributed by atoms with Gasteiger partial charge in [0.2, 0.25) is 5.91 Å². The maximum Gasteiger partial charge on any atom is 0.257 e. The second kappa shape index (κ2) is 6.55. The van der Waals surface area contributed by atoms with Crippen LogP contribution in [0.25, 0.3) is 0 Å². The molecular formula is C19H23N5O2. The van der Waals surface area contributed by atoms with Crippen LogP contribution in [0.3, 0.4) is 0 Å². The Kier molecular flexibility index (Phi) is 4.22. The van der Waals surface area contributed by atoms with E-state index in [0.717, 1.165) is 31.4 Å². The normalized spacial score (nSPS) is 23.0. The van der Waals surface area contributed by atoms with Crippen molar-refractivity contribution >= 4 is 11.8 Å². The molecule has 1 unspecified atom stereocenters. The van der Waals surface area contributed by atoms with Crippen molar-refractivity contribution in [1.82, 2.24) is 24.6 Å². The highest BCUT2D eigenvalue weighted by Gasteiger charge is 2.49. The smallest absolute Gasteiger partial charge is 0.257 e. The molecule has 0 radical (unpaired) electrons. The molecule has 7 nitrogen and oxygen atoms in total. The topological polar surface area (TPSA) is 71.3 Å². The molecule has 0 aromatic carbocycles. The minimum atomic E-state index is -0.432. The largest absolute Gasteiger partial charge is 0.338 e. The molecule has 0 aliphatic carbocycles. The standard InChI is InChI=1S/C19H23N5O2/c1-22-13-16(11-21-22)17(25)24-8-3-5-19(14-24)6-9-23(18(19)26)12-15-4-2-7-20-10-15/h2,4,7,10-11,13H,3,5-6,8-9,12,14H2,1H3. The third kappa shape index (κ3) is 2.98. The van der Waals surface area contributed by atoms with Crippen LogP contribution in [0.4, 0.5) is 0 Å². The number of likely N-dealkylation sites (tertiary alicyclic amines) is 2. The summed E-state index contributed by atoms with van der Waals surface area (Å²) >= 11 is 0. The molecule has 1 spiro atoms. The summed E-state index contributed by atoms with van der Waals surface area (Å²) in [5, 5.41) is 4.08. The van der Waals surface area contributed by atoms with Crippen molar-refractivity contribution in [3.05, 3.63) is 48.0 Å². The van der Waals surface area contributed by atoms with E-state index in [1.807, 2.05) is 21.9 Å². The monoisotopic (exact) mass is 353 g/mol. The van der Waals surface area contributed by atoms with Crippen LogP contribution in [-0.2, 0) is 18.4 Å². The Bertz CT molecular complexity index is 818. The number of aryl methyl sites for hydroxylation is 1. The number of carbonyl (C=O) groups is 2. The molecule has 0 bridgehead atoms. The van der Waals surface area contributed by atoms with Crippen LogP contribution >= 0.6 is 0 Å². The Labute approximate surface area is 152 Å². The van der Waals surface area contributed by atoms with Crippen molar-refractivity contribution in [3.63, 3.8) is 0 Å². The number of carbonyl (C=O) groups excluding carboxylic acids is 2. The van der Waals surface area contributed by atoms with E-state index in [0.29, 0.717) is 25.2 Å². The van der Waals surface area contributed by atoms with Crippen LogP contribution in [0, 0.1) is 5.41 Å². The van der Waals surface area contributed by atoms with E-state index in [-0.39, 0.29) is 11.8 Å². The zero-order valence-corrected chi connectivity index (χ0v) is 15.0. The summed E-state index contributed by atoms with van der Waals surface area (Å²) in [5.41, 5.74) is 1.19. The molecule has 2 aliphatic rings. The second-order valence-corrected chi connectivity index (χ2v) is 7.35. The van der Waals surface area contributed by atoms with Crippen LogP contribution in [0.15, 0.2) is 36.9 Å². The maximum atomic E-state index is 13.1. The van der Waals surface area contributed by atoms with Gasteiger partial charge in [-0.25, -0.2) is 0 Å². The van der Waals surface area contributed by atoms with E-state index in [1.54, 1.807) is 36.5 Å². The van der Waals surface area contributed by atoms with Crippen LogP contribution in [0.2, 0.25) is 0 Å². The Morgan fingerprint density at radius 1 is 1.27 bits per heavy atom. The van der Waals surface area contributed by atoms with Gasteiger partial charge in [-0.1, -0.05) is 6.07 Å². The average molecular weight is 353 g/mol. The summed E-state index contributed by atoms with van der Waals surface area (Å²) in [4.78, 5) is 33.8. The summed E-state index contributed by atoms with van der Waals surface area (Å²) in [6.45, 7) is 2.53. The number of hydrogen-bond donors (Lipinski definition) is 0. The Balaban J connectivity index is 1.48. The van der Waals surface area contributed by atoms with Gasteiger partial charge in [-0.15, -0.1) is 0 Å². The molecule has 2 amide bonds. The molecule has 2 aromatic heterocycles. The second-order valence-electron chi connectivity index (χ2n) is 7.35. The zero-order valence-electron chi connectivity index (χ0n) is 15.0. The van der Waals surface area contributed by atoms with E-state index < -0.39 is 5.41 Å². The first-order chi connectivity index (χ1) is 12.6. The number of nitrogens with zero attached hydrogens (tertiary/aromatic N) is 5. The SMILES string of the molecule is Cn1cc(C(=O)N2CCCC3(CCN(Cc4cccnc4)C3=O)C2)cn1. The van der Waals surface area contributed by atoms with Gasteiger partial charge in [-0.05, 0) is 30.9 Å². The number of aromatic nitrogens is 3. The number of piperidine rings is 1. The van der Waals surface area contributed by atoms with E-state index in [1.165, 1.54) is 0 Å². The lowest BCUT2D eigenvalue weighted by atomic mass is 9.78. The summed E-state index contributed by atoms with van der Waals surface area (Å²) in [6.07, 6.45) is 9.38. The van der Waals surface area contributed by atoms with Crippen LogP contribution in [0.1, 0.15) is 35.2 Å². The lowest BCUT2D eigenvalue weighted by Gasteiger charge is -2.39. The van der Waals surface area contributed by atoms with Gasteiger partial charge >= 0.3 is 0 Å². The van der Waals surface area contributed by atoms with Gasteiger partial charge in [0, 0.05) is 51.8 Å². The van der Waals surface area contributed by atoms with Gasteiger partial charge in [0.25, 0.3) is 5.91 Å². The Morgan fingerprint density at radius 3 is 2.88 bits per heavy atom. The van der Waals surface area contributed by atoms with Crippen molar-refractivity contribution in [2.24, 2.45) is 12.5 Å². The maximum absolute atomic E-state index is 13.1. The van der Waals surface area contributed by atoms with Crippen LogP contribution < -0.4 is 0 Å². The van der Waals surface area contributed by atoms with E-state index >= 15 is 0 Å². The van der Waals surface area contributed by atoms with Crippen molar-refractivity contribution in [1.29, 1.82) is 0 Å². The quantitative estimate of drug-likeness (QED) is 0.838. The Hall–Kier alpha value is -2.70. The highest BCUT2D eigenvalue weighted by atomic mass is 16.2. The molecule has 1 atom stereocenters. The molecule has 0 N–H and O–H groups in total. The Morgan fingerprint density at radius 2 is 2.15 bits per heavy atom. The minimum Gasteiger partial charge on any atom is -0.338 e. The van der Waals surface area contributed by atoms with E-state index in [9.17, 15) is 9.59 Å². The van der Waals surface area contributed by atoms with Gasteiger partial charge in [-0.2, -0.15) is 5.10 Å². The fourth-order valence-electron chi connectivity index (χ4n) is 4.15. The van der Waals surface area contributed by atoms with Gasteiger partial charge in [0.05, 0.1) is 17.2 Å². The van der Waals surface area contributed by atoms with Gasteiger partial charge in [0.15, 0.2) is 0 Å². The van der Waals surface area contributed by atoms with Crippen LogP contribution in [-0.4, -0.2) is 56.0 Å². The van der Waals surface area contributed by atoms with Gasteiger partial charge in [0.1, 0.15) is 0 Å². The molecule has 2 saturated heterocycles. The summed E-state index contributed by atoms with van der Waals surface area (Å²) < 4.78 is 1.63. The van der Waals surface area contributed by atoms with E-state index in [4.69, 9.17) is 0 Å². The lowest BCUT2D eigenvalue weighted by molar-refractivity contribution is -0.138. The number of pyridine rings is 1. The minimum absolute atomic E-state index is 0.0318. The molecule has 4 heterocycles. The predicted octanol–water partition coefficient (Wildman–Crippen LogP) is 1.47. The average Bonchev–Trinajstić information content (AvgIpc) is 3.22. The fourth-order valence-corrected chi connectivity index (χ4v) is 4.15. The molecule has 2 aliphatic heterocycles. The molecule has 2 aromatic rings. The first-order valence-electron chi connectivity index (χ1n) is 9.04. The van der Waals surface area contributed by atoms with Crippen LogP contribution in [0.5, 0.6) is 0 Å². The molecule has 26 heavy (non-hydrogen) atoms. The highest BCUT2D eigenvalue weighted by Crippen LogP contribution is 2.41. The first-order valence-corrected chi connectivity index (χ1v) is 9.04. The highest BCUT2D eigenvalue weighted by molar-refractivity contribution is 5.94. The summed E-state index contributed by atoms with van der Waals surface area (Å²) in [6, 6.07) is 3.88. The van der Waals surface area contributed by atoms with E-state index in [2.05, 4.69) is 10.1 Å². The summed E-state index contributed by atoms with van der Waals surface area (Å²) in [5.74, 6) is 0.140. The summed E-state index contributed by atoms with van der Waals surface area (Å²) in [7, 11) is 1.80. The molecule has 4 rings (SSSR count). The molecule has 0 saturated carbocycles. The van der Waals surface area contributed by atoms with Crippen molar-refractivity contribution in [3.8, 4) is 0 Å². The molecule has 7 heteroatoms. The predicted molar refractivity (Wildman–Crippen MR) is 95.0 cm³/mol. The third-order valence-corrected chi connectivity index (χ3v) is 5.51. The number of rotatable bonds is 3. The molecule has 2 fully saturated rings. The van der Waals surface area contributed by atoms with Crippen molar-refractivity contribution in [2.75, 3.05) is 19.6 Å². The van der Waals surface area contributed by atoms with Crippen molar-refractivity contribution in [2.45, 2.75) is 25.8 Å². The zero-order chi connectivity index (χ0) is 18.1. The van der Waals surface area contributed by atoms with Gasteiger partial charge in [-0.3, -0.25) is 19.3 Å². The van der Waals surface area contributed by atoms with Gasteiger partial charge < -0.3 is 9.80 Å². The number of hydrogen-bond acceptors (Lipinski definition) is 4.